The van der Waals surface area contributed by atoms with Crippen LogP contribution in [-0.2, 0) is 0 Å². The minimum atomic E-state index is 0.703. The van der Waals surface area contributed by atoms with E-state index in [4.69, 9.17) is 19.9 Å². The van der Waals surface area contributed by atoms with Crippen LogP contribution in [0.4, 0.5) is 0 Å². The van der Waals surface area contributed by atoms with Crippen molar-refractivity contribution >= 4 is 32.6 Å². The van der Waals surface area contributed by atoms with E-state index in [9.17, 15) is 0 Å². The normalized spacial score (nSPS) is 11.3. The summed E-state index contributed by atoms with van der Waals surface area (Å²) in [6.45, 7) is 0. The van der Waals surface area contributed by atoms with Crippen LogP contribution < -0.4 is 0 Å². The van der Waals surface area contributed by atoms with Crippen molar-refractivity contribution < 1.29 is 0 Å². The lowest BCUT2D eigenvalue weighted by molar-refractivity contribution is 1.18. The molecular weight excluding hydrogens is 729 g/mol. The van der Waals surface area contributed by atoms with E-state index < -0.39 is 0 Å². The van der Waals surface area contributed by atoms with Gasteiger partial charge >= 0.3 is 0 Å². The van der Waals surface area contributed by atoms with Gasteiger partial charge in [-0.1, -0.05) is 188 Å². The second kappa shape index (κ2) is 15.0. The van der Waals surface area contributed by atoms with E-state index in [0.717, 1.165) is 88.9 Å². The number of nitrogens with zero attached hydrogens (tertiary/aromatic N) is 4. The minimum Gasteiger partial charge on any atom is -0.245 e. The lowest BCUT2D eigenvalue weighted by atomic mass is 9.97. The summed E-state index contributed by atoms with van der Waals surface area (Å²) in [5.41, 5.74) is 15.4. The molecule has 0 amide bonds. The van der Waals surface area contributed by atoms with Crippen molar-refractivity contribution in [3.8, 4) is 78.7 Å². The van der Waals surface area contributed by atoms with Crippen molar-refractivity contribution in [3.05, 3.63) is 218 Å². The van der Waals surface area contributed by atoms with Gasteiger partial charge in [0.1, 0.15) is 0 Å². The summed E-state index contributed by atoms with van der Waals surface area (Å²) < 4.78 is 0. The van der Waals surface area contributed by atoms with Crippen molar-refractivity contribution in [2.75, 3.05) is 0 Å². The van der Waals surface area contributed by atoms with E-state index in [1.165, 1.54) is 16.5 Å². The number of aromatic nitrogens is 4. The highest BCUT2D eigenvalue weighted by Gasteiger charge is 2.13. The largest absolute Gasteiger partial charge is 0.245 e. The molecule has 3 heterocycles. The number of rotatable bonds is 7. The highest BCUT2D eigenvalue weighted by Crippen LogP contribution is 2.34. The molecule has 0 N–H and O–H groups in total. The first-order chi connectivity index (χ1) is 29.7. The van der Waals surface area contributed by atoms with Gasteiger partial charge < -0.3 is 0 Å². The first-order valence-electron chi connectivity index (χ1n) is 20.2. The maximum atomic E-state index is 5.20. The maximum absolute atomic E-state index is 5.20. The molecule has 3 aromatic heterocycles. The second-order valence-electron chi connectivity index (χ2n) is 15.1. The molecule has 0 spiro atoms. The molecule has 4 nitrogen and oxygen atoms in total. The van der Waals surface area contributed by atoms with E-state index in [2.05, 4.69) is 176 Å². The van der Waals surface area contributed by atoms with Crippen molar-refractivity contribution in [1.82, 2.24) is 19.9 Å². The minimum absolute atomic E-state index is 0.703. The Hall–Kier alpha value is -8.08. The lowest BCUT2D eigenvalue weighted by Gasteiger charge is -2.11. The monoisotopic (exact) mass is 764 g/mol. The molecule has 0 saturated carbocycles. The van der Waals surface area contributed by atoms with E-state index >= 15 is 0 Å². The summed E-state index contributed by atoms with van der Waals surface area (Å²) in [4.78, 5) is 20.4. The Balaban J connectivity index is 0.893. The lowest BCUT2D eigenvalue weighted by Crippen LogP contribution is -1.96. The number of hydrogen-bond acceptors (Lipinski definition) is 4. The molecule has 0 saturated heterocycles. The first-order valence-corrected chi connectivity index (χ1v) is 20.2. The van der Waals surface area contributed by atoms with Gasteiger partial charge in [-0.25, -0.2) is 19.9 Å². The zero-order valence-corrected chi connectivity index (χ0v) is 32.6. The molecule has 0 unspecified atom stereocenters. The summed E-state index contributed by atoms with van der Waals surface area (Å²) in [5, 5.41) is 4.49. The summed E-state index contributed by atoms with van der Waals surface area (Å²) >= 11 is 0. The topological polar surface area (TPSA) is 51.6 Å². The van der Waals surface area contributed by atoms with E-state index in [0.29, 0.717) is 5.82 Å². The van der Waals surface area contributed by atoms with Crippen LogP contribution in [0.25, 0.3) is 111 Å². The molecule has 280 valence electrons. The molecule has 11 aromatic rings. The van der Waals surface area contributed by atoms with Gasteiger partial charge in [0.15, 0.2) is 5.82 Å². The van der Waals surface area contributed by atoms with Gasteiger partial charge in [-0.2, -0.15) is 0 Å². The summed E-state index contributed by atoms with van der Waals surface area (Å²) in [7, 11) is 0. The van der Waals surface area contributed by atoms with Gasteiger partial charge in [0.2, 0.25) is 0 Å². The molecule has 8 aromatic carbocycles. The van der Waals surface area contributed by atoms with E-state index in [1.807, 2.05) is 42.5 Å². The average molecular weight is 765 g/mol. The number of pyridine rings is 2. The quantitative estimate of drug-likeness (QED) is 0.152. The molecule has 0 aliphatic rings. The molecule has 11 rings (SSSR count). The van der Waals surface area contributed by atoms with Gasteiger partial charge in [0, 0.05) is 38.6 Å². The second-order valence-corrected chi connectivity index (χ2v) is 15.1. The summed E-state index contributed by atoms with van der Waals surface area (Å²) in [6.07, 6.45) is 0. The third-order valence-electron chi connectivity index (χ3n) is 11.3. The van der Waals surface area contributed by atoms with Crippen LogP contribution in [0.2, 0.25) is 0 Å². The predicted octanol–water partition coefficient (Wildman–Crippen LogP) is 14.4. The highest BCUT2D eigenvalue weighted by atomic mass is 14.9. The van der Waals surface area contributed by atoms with Crippen molar-refractivity contribution in [2.24, 2.45) is 0 Å². The third kappa shape index (κ3) is 6.76. The molecule has 60 heavy (non-hydrogen) atoms. The number of benzene rings is 8. The molecule has 0 aliphatic carbocycles. The predicted molar refractivity (Wildman–Crippen MR) is 248 cm³/mol. The Morgan fingerprint density at radius 1 is 0.200 bits per heavy atom. The summed E-state index contributed by atoms with van der Waals surface area (Å²) in [6, 6.07) is 76.4. The van der Waals surface area contributed by atoms with Crippen LogP contribution in [0, 0.1) is 0 Å². The Bertz CT molecular complexity index is 3330. The zero-order chi connectivity index (χ0) is 39.8. The number of fused-ring (bicyclic) bond motifs is 4. The van der Waals surface area contributed by atoms with E-state index in [1.54, 1.807) is 0 Å². The van der Waals surface area contributed by atoms with Gasteiger partial charge in [0.25, 0.3) is 0 Å². The molecular formula is C56H36N4. The molecule has 0 atom stereocenters. The molecule has 0 radical (unpaired) electrons. The molecule has 0 fully saturated rings. The van der Waals surface area contributed by atoms with Crippen LogP contribution >= 0.6 is 0 Å². The van der Waals surface area contributed by atoms with Crippen LogP contribution in [0.15, 0.2) is 218 Å². The van der Waals surface area contributed by atoms with Crippen molar-refractivity contribution in [1.29, 1.82) is 0 Å². The van der Waals surface area contributed by atoms with Crippen molar-refractivity contribution in [2.45, 2.75) is 0 Å². The smallest absolute Gasteiger partial charge is 0.160 e. The van der Waals surface area contributed by atoms with E-state index in [-0.39, 0.29) is 0 Å². The molecule has 4 heteroatoms. The fourth-order valence-electron chi connectivity index (χ4n) is 8.04. The zero-order valence-electron chi connectivity index (χ0n) is 32.6. The fraction of sp³-hybridized carbons (Fsp3) is 0. The van der Waals surface area contributed by atoms with Gasteiger partial charge in [-0.05, 0) is 63.4 Å². The molecule has 0 aliphatic heterocycles. The SMILES string of the molecule is c1ccc(-c2ccc(-c3cc(-c4ccc(-c5ccc6cc(-c7ccc8ccc9ccc(-c%10ccccc%10)nc9c8n7)ccc6c5)cc4)nc(-c4ccccc4)n3)cc2)cc1. The molecule has 0 bridgehead atoms. The Kier molecular flexibility index (Phi) is 8.79. The Morgan fingerprint density at radius 3 is 1.10 bits per heavy atom. The van der Waals surface area contributed by atoms with Crippen LogP contribution in [0.5, 0.6) is 0 Å². The first kappa shape index (κ1) is 35.1. The average Bonchev–Trinajstić information content (AvgIpc) is 3.34. The standard InChI is InChI=1S/C56H36N4/c1-4-10-37(11-5-1)38-16-20-41(21-17-38)52-36-53(60-56(59-52)45-14-8-3-9-15-45)42-22-18-39(19-23-42)46-26-27-48-35-49(29-28-47(48)34-46)51-33-31-44-25-24-43-30-32-50(40-12-6-2-7-13-40)57-54(43)55(44)58-51/h1-36H. The highest BCUT2D eigenvalue weighted by molar-refractivity contribution is 6.04. The Labute approximate surface area is 348 Å². The number of hydrogen-bond donors (Lipinski definition) is 0. The third-order valence-corrected chi connectivity index (χ3v) is 11.3. The van der Waals surface area contributed by atoms with Crippen molar-refractivity contribution in [3.63, 3.8) is 0 Å². The fourth-order valence-corrected chi connectivity index (χ4v) is 8.04. The van der Waals surface area contributed by atoms with Gasteiger partial charge in [0.05, 0.1) is 33.8 Å². The Morgan fingerprint density at radius 2 is 0.550 bits per heavy atom. The maximum Gasteiger partial charge on any atom is 0.160 e. The van der Waals surface area contributed by atoms with Crippen LogP contribution in [0.1, 0.15) is 0 Å². The van der Waals surface area contributed by atoms with Gasteiger partial charge in [-0.15, -0.1) is 0 Å². The van der Waals surface area contributed by atoms with Crippen LogP contribution in [0.3, 0.4) is 0 Å². The van der Waals surface area contributed by atoms with Gasteiger partial charge in [-0.3, -0.25) is 0 Å². The van der Waals surface area contributed by atoms with Crippen LogP contribution in [-0.4, -0.2) is 19.9 Å². The summed E-state index contributed by atoms with van der Waals surface area (Å²) in [5.74, 6) is 0.703.